The van der Waals surface area contributed by atoms with Gasteiger partial charge in [-0.3, -0.25) is 4.79 Å². The molecule has 20 heavy (non-hydrogen) atoms. The quantitative estimate of drug-likeness (QED) is 0.731. The second kappa shape index (κ2) is 8.11. The van der Waals surface area contributed by atoms with Gasteiger partial charge in [-0.25, -0.2) is 4.98 Å². The summed E-state index contributed by atoms with van der Waals surface area (Å²) in [6.07, 6.45) is 0.716. The van der Waals surface area contributed by atoms with Crippen molar-refractivity contribution in [3.63, 3.8) is 0 Å². The van der Waals surface area contributed by atoms with Crippen molar-refractivity contribution in [3.8, 4) is 9.88 Å². The summed E-state index contributed by atoms with van der Waals surface area (Å²) in [5.41, 5.74) is 0.453. The molecule has 0 aliphatic heterocycles. The van der Waals surface area contributed by atoms with Crippen molar-refractivity contribution in [1.82, 2.24) is 10.3 Å². The number of amides is 1. The molecule has 0 bridgehead atoms. The van der Waals surface area contributed by atoms with E-state index in [4.69, 9.17) is 9.84 Å². The summed E-state index contributed by atoms with van der Waals surface area (Å²) in [5, 5.41) is 16.0. The SMILES string of the molecule is O=C(NCCCOCCO)c1csc(-c2cccs2)n1. The average molecular weight is 312 g/mol. The molecule has 0 unspecified atom stereocenters. The summed E-state index contributed by atoms with van der Waals surface area (Å²) in [6.45, 7) is 1.43. The molecular weight excluding hydrogens is 296 g/mol. The molecule has 108 valence electrons. The summed E-state index contributed by atoms with van der Waals surface area (Å²) >= 11 is 3.08. The van der Waals surface area contributed by atoms with E-state index in [0.717, 1.165) is 9.88 Å². The largest absolute Gasteiger partial charge is 0.394 e. The first kappa shape index (κ1) is 15.1. The number of hydrogen-bond donors (Lipinski definition) is 2. The molecule has 5 nitrogen and oxygen atoms in total. The normalized spacial score (nSPS) is 10.7. The molecule has 2 aromatic heterocycles. The number of thiazole rings is 1. The molecule has 2 heterocycles. The minimum absolute atomic E-state index is 0.0245. The van der Waals surface area contributed by atoms with Crippen LogP contribution >= 0.6 is 22.7 Å². The molecule has 1 amide bonds. The number of rotatable bonds is 8. The molecule has 0 spiro atoms. The van der Waals surface area contributed by atoms with E-state index in [1.807, 2.05) is 17.5 Å². The highest BCUT2D eigenvalue weighted by molar-refractivity contribution is 7.20. The van der Waals surface area contributed by atoms with E-state index in [2.05, 4.69) is 10.3 Å². The summed E-state index contributed by atoms with van der Waals surface area (Å²) in [6, 6.07) is 3.96. The first-order valence-corrected chi connectivity index (χ1v) is 8.03. The maximum atomic E-state index is 11.9. The third-order valence-corrected chi connectivity index (χ3v) is 4.34. The second-order valence-electron chi connectivity index (χ2n) is 3.96. The third kappa shape index (κ3) is 4.38. The van der Waals surface area contributed by atoms with Crippen molar-refractivity contribution < 1.29 is 14.6 Å². The topological polar surface area (TPSA) is 71.5 Å². The fourth-order valence-corrected chi connectivity index (χ4v) is 3.14. The lowest BCUT2D eigenvalue weighted by Crippen LogP contribution is -2.25. The fraction of sp³-hybridized carbons (Fsp3) is 0.385. The lowest BCUT2D eigenvalue weighted by atomic mass is 10.4. The van der Waals surface area contributed by atoms with Gasteiger partial charge in [0.05, 0.1) is 18.1 Å². The zero-order valence-corrected chi connectivity index (χ0v) is 12.5. The molecular formula is C13H16N2O3S2. The fourth-order valence-electron chi connectivity index (χ4n) is 1.52. The Kier molecular flexibility index (Phi) is 6.13. The van der Waals surface area contributed by atoms with Gasteiger partial charge in [0.2, 0.25) is 0 Å². The lowest BCUT2D eigenvalue weighted by Gasteiger charge is -2.03. The van der Waals surface area contributed by atoms with Gasteiger partial charge in [-0.1, -0.05) is 6.07 Å². The first-order valence-electron chi connectivity index (χ1n) is 6.27. The molecule has 0 radical (unpaired) electrons. The van der Waals surface area contributed by atoms with Crippen molar-refractivity contribution in [2.45, 2.75) is 6.42 Å². The van der Waals surface area contributed by atoms with E-state index >= 15 is 0 Å². The van der Waals surface area contributed by atoms with Gasteiger partial charge in [0.25, 0.3) is 5.91 Å². The van der Waals surface area contributed by atoms with Crippen LogP contribution in [-0.4, -0.2) is 42.4 Å². The van der Waals surface area contributed by atoms with E-state index in [1.165, 1.54) is 11.3 Å². The van der Waals surface area contributed by atoms with Gasteiger partial charge < -0.3 is 15.2 Å². The number of nitrogens with zero attached hydrogens (tertiary/aromatic N) is 1. The van der Waals surface area contributed by atoms with E-state index in [-0.39, 0.29) is 12.5 Å². The van der Waals surface area contributed by atoms with Crippen molar-refractivity contribution in [3.05, 3.63) is 28.6 Å². The zero-order valence-electron chi connectivity index (χ0n) is 10.9. The third-order valence-electron chi connectivity index (χ3n) is 2.46. The Morgan fingerprint density at radius 1 is 1.40 bits per heavy atom. The molecule has 7 heteroatoms. The van der Waals surface area contributed by atoms with Crippen LogP contribution in [0.2, 0.25) is 0 Å². The van der Waals surface area contributed by atoms with Crippen molar-refractivity contribution in [1.29, 1.82) is 0 Å². The molecule has 2 N–H and O–H groups in total. The number of carbonyl (C=O) groups excluding carboxylic acids is 1. The van der Waals surface area contributed by atoms with Gasteiger partial charge in [-0.05, 0) is 17.9 Å². The molecule has 0 aliphatic carbocycles. The summed E-state index contributed by atoms with van der Waals surface area (Å²) in [4.78, 5) is 17.3. The molecule has 0 saturated carbocycles. The Hall–Kier alpha value is -1.28. The van der Waals surface area contributed by atoms with Crippen LogP contribution in [-0.2, 0) is 4.74 Å². The molecule has 0 saturated heterocycles. The maximum Gasteiger partial charge on any atom is 0.270 e. The van der Waals surface area contributed by atoms with Gasteiger partial charge in [0.15, 0.2) is 0 Å². The van der Waals surface area contributed by atoms with E-state index < -0.39 is 0 Å². The highest BCUT2D eigenvalue weighted by atomic mass is 32.1. The van der Waals surface area contributed by atoms with E-state index in [1.54, 1.807) is 16.7 Å². The molecule has 2 aromatic rings. The Balaban J connectivity index is 1.76. The van der Waals surface area contributed by atoms with Crippen LogP contribution in [0.1, 0.15) is 16.9 Å². The van der Waals surface area contributed by atoms with E-state index in [9.17, 15) is 4.79 Å². The Bertz CT molecular complexity index is 525. The molecule has 0 atom stereocenters. The van der Waals surface area contributed by atoms with Crippen LogP contribution in [0.4, 0.5) is 0 Å². The van der Waals surface area contributed by atoms with Gasteiger partial charge in [0.1, 0.15) is 10.7 Å². The average Bonchev–Trinajstić information content (AvgIpc) is 3.12. The molecule has 0 aromatic carbocycles. The zero-order chi connectivity index (χ0) is 14.2. The molecule has 0 aliphatic rings. The van der Waals surface area contributed by atoms with Crippen molar-refractivity contribution in [2.75, 3.05) is 26.4 Å². The molecule has 0 fully saturated rings. The maximum absolute atomic E-state index is 11.9. The number of aromatic nitrogens is 1. The first-order chi connectivity index (χ1) is 9.81. The molecule has 2 rings (SSSR count). The number of ether oxygens (including phenoxy) is 1. The minimum Gasteiger partial charge on any atom is -0.394 e. The van der Waals surface area contributed by atoms with Crippen LogP contribution in [0.25, 0.3) is 9.88 Å². The predicted octanol–water partition coefficient (Wildman–Crippen LogP) is 2.00. The van der Waals surface area contributed by atoms with Crippen LogP contribution in [0.3, 0.4) is 0 Å². The number of aliphatic hydroxyl groups excluding tert-OH is 1. The standard InChI is InChI=1S/C13H16N2O3S2/c16-5-7-18-6-2-4-14-12(17)10-9-20-13(15-10)11-3-1-8-19-11/h1,3,8-9,16H,2,4-7H2,(H,14,17). The highest BCUT2D eigenvalue weighted by Gasteiger charge is 2.11. The second-order valence-corrected chi connectivity index (χ2v) is 5.77. The number of nitrogens with one attached hydrogen (secondary N) is 1. The Labute approximate surface area is 125 Å². The monoisotopic (exact) mass is 312 g/mol. The smallest absolute Gasteiger partial charge is 0.270 e. The van der Waals surface area contributed by atoms with E-state index in [0.29, 0.717) is 31.9 Å². The minimum atomic E-state index is -0.161. The lowest BCUT2D eigenvalue weighted by molar-refractivity contribution is 0.0866. The van der Waals surface area contributed by atoms with Gasteiger partial charge >= 0.3 is 0 Å². The predicted molar refractivity (Wildman–Crippen MR) is 80.3 cm³/mol. The van der Waals surface area contributed by atoms with Crippen LogP contribution in [0, 0.1) is 0 Å². The van der Waals surface area contributed by atoms with Crippen LogP contribution in [0.5, 0.6) is 0 Å². The Morgan fingerprint density at radius 3 is 3.05 bits per heavy atom. The van der Waals surface area contributed by atoms with Crippen LogP contribution in [0.15, 0.2) is 22.9 Å². The van der Waals surface area contributed by atoms with Crippen molar-refractivity contribution >= 4 is 28.6 Å². The number of aliphatic hydroxyl groups is 1. The highest BCUT2D eigenvalue weighted by Crippen LogP contribution is 2.27. The summed E-state index contributed by atoms with van der Waals surface area (Å²) < 4.78 is 5.11. The number of thiophene rings is 1. The van der Waals surface area contributed by atoms with Gasteiger partial charge in [0, 0.05) is 18.5 Å². The summed E-state index contributed by atoms with van der Waals surface area (Å²) in [7, 11) is 0. The van der Waals surface area contributed by atoms with Crippen LogP contribution < -0.4 is 5.32 Å². The summed E-state index contributed by atoms with van der Waals surface area (Å²) in [5.74, 6) is -0.161. The van der Waals surface area contributed by atoms with Gasteiger partial charge in [-0.15, -0.1) is 22.7 Å². The van der Waals surface area contributed by atoms with Crippen molar-refractivity contribution in [2.24, 2.45) is 0 Å². The Morgan fingerprint density at radius 2 is 2.30 bits per heavy atom. The number of carbonyl (C=O) groups is 1. The van der Waals surface area contributed by atoms with Gasteiger partial charge in [-0.2, -0.15) is 0 Å². The number of hydrogen-bond acceptors (Lipinski definition) is 6.